The van der Waals surface area contributed by atoms with Crippen molar-refractivity contribution in [2.24, 2.45) is 16.0 Å². The van der Waals surface area contributed by atoms with E-state index in [0.717, 1.165) is 6.08 Å². The summed E-state index contributed by atoms with van der Waals surface area (Å²) in [5.41, 5.74) is -6.63. The van der Waals surface area contributed by atoms with Gasteiger partial charge in [0.05, 0.1) is 30.3 Å². The third-order valence-corrected chi connectivity index (χ3v) is 3.80. The molecule has 9 heteroatoms. The molecule has 22 heavy (non-hydrogen) atoms. The van der Waals surface area contributed by atoms with Crippen LogP contribution >= 0.6 is 0 Å². The van der Waals surface area contributed by atoms with E-state index in [1.54, 1.807) is 24.3 Å². The molecule has 8 nitrogen and oxygen atoms in total. The average molecular weight is 302 g/mol. The molecule has 0 saturated heterocycles. The number of hydrogen-bond acceptors (Lipinski definition) is 8. The maximum absolute atomic E-state index is 11.0. The van der Waals surface area contributed by atoms with Gasteiger partial charge >= 0.3 is 0 Å². The Hall–Kier alpha value is -2.25. The first-order valence-electron chi connectivity index (χ1n) is 5.67. The smallest absolute Gasteiger partial charge is 0.212 e. The Bertz CT molecular complexity index is 681. The van der Waals surface area contributed by atoms with Crippen LogP contribution in [0.4, 0.5) is 0 Å². The Labute approximate surface area is 149 Å². The molecular formula is C13H9N7NaO. The van der Waals surface area contributed by atoms with Gasteiger partial charge in [0.15, 0.2) is 5.54 Å². The van der Waals surface area contributed by atoms with Gasteiger partial charge in [0.1, 0.15) is 6.04 Å². The zero-order valence-electron chi connectivity index (χ0n) is 12.3. The fourth-order valence-electron chi connectivity index (χ4n) is 2.54. The van der Waals surface area contributed by atoms with E-state index in [2.05, 4.69) is 5.18 Å². The number of nitroso groups, excluding NO2 is 1. The molecule has 0 aromatic carbocycles. The largest absolute Gasteiger partial charge is 0.286 e. The first-order valence-corrected chi connectivity index (χ1v) is 5.67. The third kappa shape index (κ3) is 1.93. The monoisotopic (exact) mass is 302 g/mol. The predicted molar refractivity (Wildman–Crippen MR) is 73.8 cm³/mol. The molecule has 0 saturated carbocycles. The van der Waals surface area contributed by atoms with Crippen LogP contribution in [0.5, 0.6) is 0 Å². The van der Waals surface area contributed by atoms with Crippen molar-refractivity contribution < 1.29 is 0 Å². The zero-order valence-corrected chi connectivity index (χ0v) is 14.3. The van der Waals surface area contributed by atoms with Gasteiger partial charge in [0.25, 0.3) is 0 Å². The first kappa shape index (κ1) is 19.8. The number of nitrogens with zero attached hydrogens (tertiary/aromatic N) is 7. The summed E-state index contributed by atoms with van der Waals surface area (Å²) < 4.78 is 0. The molecule has 0 aliphatic heterocycles. The van der Waals surface area contributed by atoms with E-state index in [0.29, 0.717) is 0 Å². The van der Waals surface area contributed by atoms with Gasteiger partial charge in [-0.05, 0) is 20.2 Å². The fraction of sp³-hybridized carbons (Fsp3) is 0.462. The van der Waals surface area contributed by atoms with E-state index >= 15 is 0 Å². The summed E-state index contributed by atoms with van der Waals surface area (Å²) in [5, 5.41) is 50.1. The molecule has 0 fully saturated rings. The molecule has 0 aromatic heterocycles. The predicted octanol–water partition coefficient (Wildman–Crippen LogP) is 0.201. The van der Waals surface area contributed by atoms with E-state index in [1.165, 1.54) is 25.1 Å². The van der Waals surface area contributed by atoms with Crippen molar-refractivity contribution in [2.75, 3.05) is 14.1 Å². The summed E-state index contributed by atoms with van der Waals surface area (Å²) in [6, 6.07) is 6.71. The van der Waals surface area contributed by atoms with Gasteiger partial charge in [-0.3, -0.25) is 4.90 Å². The third-order valence-electron chi connectivity index (χ3n) is 3.80. The van der Waals surface area contributed by atoms with Gasteiger partial charge in [0.2, 0.25) is 10.8 Å². The van der Waals surface area contributed by atoms with Crippen molar-refractivity contribution in [1.82, 2.24) is 4.90 Å². The second kappa shape index (κ2) is 6.67. The molecular weight excluding hydrogens is 293 g/mol. The number of hydrogen-bond donors (Lipinski definition) is 0. The van der Waals surface area contributed by atoms with Crippen LogP contribution in [0.25, 0.3) is 0 Å². The van der Waals surface area contributed by atoms with Crippen LogP contribution in [0.2, 0.25) is 0 Å². The molecule has 0 spiro atoms. The van der Waals surface area contributed by atoms with Gasteiger partial charge in [-0.25, -0.2) is 0 Å². The molecule has 1 rings (SSSR count). The molecule has 0 aromatic rings. The molecule has 0 bridgehead atoms. The maximum Gasteiger partial charge on any atom is 0.212 e. The second-order valence-corrected chi connectivity index (χ2v) is 4.69. The molecule has 0 N–H and O–H groups in total. The summed E-state index contributed by atoms with van der Waals surface area (Å²) in [5.74, 6) is 0. The minimum atomic E-state index is -2.39. The van der Waals surface area contributed by atoms with Crippen LogP contribution in [-0.2, 0) is 0 Å². The minimum Gasteiger partial charge on any atom is -0.286 e. The second-order valence-electron chi connectivity index (χ2n) is 4.69. The molecule has 1 aliphatic rings. The zero-order chi connectivity index (χ0) is 16.3. The van der Waals surface area contributed by atoms with Crippen LogP contribution in [-0.4, -0.2) is 60.1 Å². The van der Waals surface area contributed by atoms with Crippen molar-refractivity contribution in [1.29, 1.82) is 26.3 Å². The van der Waals surface area contributed by atoms with Crippen LogP contribution in [0.15, 0.2) is 17.3 Å². The van der Waals surface area contributed by atoms with Crippen LogP contribution in [0, 0.1) is 72.4 Å². The van der Waals surface area contributed by atoms with Crippen molar-refractivity contribution in [3.63, 3.8) is 0 Å². The molecule has 0 amide bonds. The van der Waals surface area contributed by atoms with Crippen molar-refractivity contribution in [2.45, 2.75) is 11.6 Å². The van der Waals surface area contributed by atoms with Gasteiger partial charge in [-0.15, -0.1) is 0 Å². The Morgan fingerprint density at radius 2 is 1.50 bits per heavy atom. The summed E-state index contributed by atoms with van der Waals surface area (Å²) in [6.45, 7) is 0. The van der Waals surface area contributed by atoms with Crippen molar-refractivity contribution >= 4 is 29.6 Å². The van der Waals surface area contributed by atoms with Gasteiger partial charge in [-0.2, -0.15) is 31.2 Å². The van der Waals surface area contributed by atoms with Gasteiger partial charge < -0.3 is 0 Å². The van der Waals surface area contributed by atoms with Crippen LogP contribution in [0.1, 0.15) is 0 Å². The van der Waals surface area contributed by atoms with Crippen molar-refractivity contribution in [3.05, 3.63) is 17.1 Å². The quantitative estimate of drug-likeness (QED) is 0.401. The van der Waals surface area contributed by atoms with E-state index in [1.807, 2.05) is 6.07 Å². The SMILES string of the molecule is CN(C)C1(C#N)C=CC(N=O)C(C#N)(C#N)C1(C#N)C#N.[Na]. The maximum atomic E-state index is 11.0. The molecule has 0 heterocycles. The first-order chi connectivity index (χ1) is 9.91. The summed E-state index contributed by atoms with van der Waals surface area (Å²) in [7, 11) is 2.87. The normalized spacial score (nSPS) is 26.9. The van der Waals surface area contributed by atoms with E-state index in [4.69, 9.17) is 0 Å². The standard InChI is InChI=1S/C13H9N7O.Na/c1-20(2)13(9-18)4-3-10(19-21)11(5-14,6-15)12(13,7-16)8-17;/h3-4,10H,1-2H3;. The average Bonchev–Trinajstić information content (AvgIpc) is 2.52. The van der Waals surface area contributed by atoms with E-state index < -0.39 is 22.4 Å². The fourth-order valence-corrected chi connectivity index (χ4v) is 2.54. The van der Waals surface area contributed by atoms with Gasteiger partial charge in [-0.1, -0.05) is 11.3 Å². The van der Waals surface area contributed by atoms with Crippen LogP contribution < -0.4 is 0 Å². The molecule has 1 radical (unpaired) electrons. The molecule has 2 atom stereocenters. The van der Waals surface area contributed by atoms with Gasteiger partial charge in [0, 0.05) is 29.6 Å². The number of likely N-dealkylation sites (N-methyl/N-ethyl adjacent to an activating group) is 1. The Morgan fingerprint density at radius 1 is 1.00 bits per heavy atom. The van der Waals surface area contributed by atoms with E-state index in [-0.39, 0.29) is 29.6 Å². The Balaban J connectivity index is 0.00000441. The minimum absolute atomic E-state index is 0. The summed E-state index contributed by atoms with van der Waals surface area (Å²) >= 11 is 0. The molecule has 1 aliphatic carbocycles. The summed E-state index contributed by atoms with van der Waals surface area (Å²) in [4.78, 5) is 12.2. The van der Waals surface area contributed by atoms with E-state index in [9.17, 15) is 31.2 Å². The Morgan fingerprint density at radius 3 is 1.77 bits per heavy atom. The summed E-state index contributed by atoms with van der Waals surface area (Å²) in [6.07, 6.45) is 2.30. The molecule has 2 unspecified atom stereocenters. The number of nitriles is 5. The number of rotatable bonds is 2. The molecule has 103 valence electrons. The Kier molecular flexibility index (Phi) is 5.99. The topological polar surface area (TPSA) is 152 Å². The van der Waals surface area contributed by atoms with Crippen LogP contribution in [0.3, 0.4) is 0 Å². The van der Waals surface area contributed by atoms with Crippen molar-refractivity contribution in [3.8, 4) is 30.3 Å².